The predicted molar refractivity (Wildman–Crippen MR) is 109 cm³/mol. The molecule has 0 spiro atoms. The van der Waals surface area contributed by atoms with Crippen LogP contribution in [0.2, 0.25) is 5.02 Å². The highest BCUT2D eigenvalue weighted by Crippen LogP contribution is 2.20. The first-order valence-corrected chi connectivity index (χ1v) is 8.89. The molecule has 0 bridgehead atoms. The first kappa shape index (κ1) is 20.7. The van der Waals surface area contributed by atoms with E-state index in [9.17, 15) is 9.59 Å². The van der Waals surface area contributed by atoms with E-state index in [4.69, 9.17) is 16.3 Å². The second-order valence-corrected chi connectivity index (χ2v) is 6.75. The molecule has 0 radical (unpaired) electrons. The van der Waals surface area contributed by atoms with Crippen LogP contribution in [0.3, 0.4) is 0 Å². The molecular formula is C20H24ClN3O3. The molecule has 0 saturated carbocycles. The number of anilines is 2. The van der Waals surface area contributed by atoms with Crippen molar-refractivity contribution in [2.45, 2.75) is 19.9 Å². The van der Waals surface area contributed by atoms with Crippen molar-refractivity contribution in [2.24, 2.45) is 0 Å². The number of carbonyl (C=O) groups excluding carboxylic acids is 2. The van der Waals surface area contributed by atoms with Crippen molar-refractivity contribution < 1.29 is 14.3 Å². The fraction of sp³-hybridized carbons (Fsp3) is 0.300. The predicted octanol–water partition coefficient (Wildman–Crippen LogP) is 3.55. The maximum absolute atomic E-state index is 12.5. The molecule has 1 atom stereocenters. The van der Waals surface area contributed by atoms with Crippen LogP contribution in [-0.4, -0.2) is 43.5 Å². The second-order valence-electron chi connectivity index (χ2n) is 6.32. The molecule has 0 aliphatic carbocycles. The molecule has 6 nitrogen and oxygen atoms in total. The van der Waals surface area contributed by atoms with E-state index in [1.165, 1.54) is 0 Å². The van der Waals surface area contributed by atoms with Gasteiger partial charge in [-0.25, -0.2) is 0 Å². The molecule has 2 amide bonds. The molecule has 2 aromatic carbocycles. The van der Waals surface area contributed by atoms with Crippen molar-refractivity contribution in [2.75, 3.05) is 31.3 Å². The summed E-state index contributed by atoms with van der Waals surface area (Å²) < 4.78 is 5.09. The quantitative estimate of drug-likeness (QED) is 0.759. The molecule has 0 aliphatic heterocycles. The largest absolute Gasteiger partial charge is 0.497 e. The Bertz CT molecular complexity index is 809. The molecular weight excluding hydrogens is 366 g/mol. The fourth-order valence-electron chi connectivity index (χ4n) is 2.40. The Morgan fingerprint density at radius 3 is 2.44 bits per heavy atom. The van der Waals surface area contributed by atoms with Gasteiger partial charge in [0.15, 0.2) is 0 Å². The summed E-state index contributed by atoms with van der Waals surface area (Å²) in [6.07, 6.45) is 0. The van der Waals surface area contributed by atoms with Gasteiger partial charge >= 0.3 is 0 Å². The molecule has 0 heterocycles. The monoisotopic (exact) mass is 389 g/mol. The molecule has 0 aromatic heterocycles. The number of rotatable bonds is 7. The molecule has 0 aliphatic rings. The number of carbonyl (C=O) groups is 2. The molecule has 2 rings (SSSR count). The van der Waals surface area contributed by atoms with Crippen LogP contribution in [0, 0.1) is 6.92 Å². The molecule has 0 saturated heterocycles. The Balaban J connectivity index is 1.91. The van der Waals surface area contributed by atoms with Crippen LogP contribution in [0.15, 0.2) is 42.5 Å². The summed E-state index contributed by atoms with van der Waals surface area (Å²) in [5.41, 5.74) is 2.25. The Hall–Kier alpha value is -2.57. The van der Waals surface area contributed by atoms with Gasteiger partial charge in [0.1, 0.15) is 5.75 Å². The highest BCUT2D eigenvalue weighted by molar-refractivity contribution is 6.31. The van der Waals surface area contributed by atoms with Crippen molar-refractivity contribution >= 4 is 34.8 Å². The standard InChI is InChI=1S/C20H24ClN3O3/c1-13-5-6-15(21)11-18(13)23-20(26)14(2)24(3)12-19(25)22-16-7-9-17(27-4)10-8-16/h5-11,14H,12H2,1-4H3,(H,22,25)(H,23,26). The minimum absolute atomic E-state index is 0.0785. The average molecular weight is 390 g/mol. The molecule has 144 valence electrons. The summed E-state index contributed by atoms with van der Waals surface area (Å²) in [5.74, 6) is 0.299. The number of likely N-dealkylation sites (N-methyl/N-ethyl adjacent to an activating group) is 1. The van der Waals surface area contributed by atoms with Gasteiger partial charge in [-0.1, -0.05) is 17.7 Å². The third kappa shape index (κ3) is 5.98. The van der Waals surface area contributed by atoms with Gasteiger partial charge in [-0.2, -0.15) is 0 Å². The SMILES string of the molecule is COc1ccc(NC(=O)CN(C)C(C)C(=O)Nc2cc(Cl)ccc2C)cc1. The smallest absolute Gasteiger partial charge is 0.241 e. The number of nitrogens with zero attached hydrogens (tertiary/aromatic N) is 1. The Morgan fingerprint density at radius 1 is 1.15 bits per heavy atom. The number of methoxy groups -OCH3 is 1. The van der Waals surface area contributed by atoms with E-state index in [-0.39, 0.29) is 18.4 Å². The van der Waals surface area contributed by atoms with E-state index in [0.29, 0.717) is 22.1 Å². The minimum atomic E-state index is -0.495. The first-order valence-electron chi connectivity index (χ1n) is 8.51. The zero-order valence-corrected chi connectivity index (χ0v) is 16.6. The lowest BCUT2D eigenvalue weighted by atomic mass is 10.2. The normalized spacial score (nSPS) is 11.8. The number of aryl methyl sites for hydroxylation is 1. The van der Waals surface area contributed by atoms with Crippen LogP contribution in [0.5, 0.6) is 5.75 Å². The van der Waals surface area contributed by atoms with Crippen molar-refractivity contribution in [3.05, 3.63) is 53.1 Å². The molecule has 2 N–H and O–H groups in total. The number of nitrogens with one attached hydrogen (secondary N) is 2. The summed E-state index contributed by atoms with van der Waals surface area (Å²) in [7, 11) is 3.31. The summed E-state index contributed by atoms with van der Waals surface area (Å²) in [5, 5.41) is 6.21. The average Bonchev–Trinajstić information content (AvgIpc) is 2.64. The van der Waals surface area contributed by atoms with E-state index in [0.717, 1.165) is 5.56 Å². The second kappa shape index (κ2) is 9.39. The third-order valence-corrected chi connectivity index (χ3v) is 4.50. The molecule has 7 heteroatoms. The number of amides is 2. The van der Waals surface area contributed by atoms with Gasteiger partial charge in [-0.3, -0.25) is 14.5 Å². The van der Waals surface area contributed by atoms with Crippen molar-refractivity contribution in [1.82, 2.24) is 4.90 Å². The number of benzene rings is 2. The lowest BCUT2D eigenvalue weighted by Crippen LogP contribution is -2.43. The highest BCUT2D eigenvalue weighted by Gasteiger charge is 2.21. The van der Waals surface area contributed by atoms with Gasteiger partial charge in [-0.15, -0.1) is 0 Å². The lowest BCUT2D eigenvalue weighted by Gasteiger charge is -2.23. The molecule has 27 heavy (non-hydrogen) atoms. The number of hydrogen-bond acceptors (Lipinski definition) is 4. The van der Waals surface area contributed by atoms with Gasteiger partial charge in [0.25, 0.3) is 0 Å². The molecule has 2 aromatic rings. The minimum Gasteiger partial charge on any atom is -0.497 e. The molecule has 1 unspecified atom stereocenters. The van der Waals surface area contributed by atoms with Crippen LogP contribution in [0.25, 0.3) is 0 Å². The zero-order chi connectivity index (χ0) is 20.0. The van der Waals surface area contributed by atoms with Gasteiger partial charge in [0, 0.05) is 16.4 Å². The summed E-state index contributed by atoms with van der Waals surface area (Å²) in [6, 6.07) is 11.9. The maximum Gasteiger partial charge on any atom is 0.241 e. The Morgan fingerprint density at radius 2 is 1.81 bits per heavy atom. The van der Waals surface area contributed by atoms with E-state index >= 15 is 0 Å². The van der Waals surface area contributed by atoms with Crippen LogP contribution < -0.4 is 15.4 Å². The van der Waals surface area contributed by atoms with E-state index in [2.05, 4.69) is 10.6 Å². The lowest BCUT2D eigenvalue weighted by molar-refractivity contribution is -0.122. The van der Waals surface area contributed by atoms with Crippen LogP contribution in [-0.2, 0) is 9.59 Å². The summed E-state index contributed by atoms with van der Waals surface area (Å²) in [4.78, 5) is 26.4. The molecule has 0 fully saturated rings. The fourth-order valence-corrected chi connectivity index (χ4v) is 2.58. The zero-order valence-electron chi connectivity index (χ0n) is 15.9. The maximum atomic E-state index is 12.5. The summed E-state index contributed by atoms with van der Waals surface area (Å²) in [6.45, 7) is 3.72. The van der Waals surface area contributed by atoms with Crippen molar-refractivity contribution in [3.8, 4) is 5.75 Å². The Kier molecular flexibility index (Phi) is 7.21. The van der Waals surface area contributed by atoms with Crippen LogP contribution in [0.4, 0.5) is 11.4 Å². The van der Waals surface area contributed by atoms with E-state index < -0.39 is 6.04 Å². The number of halogens is 1. The van der Waals surface area contributed by atoms with Crippen molar-refractivity contribution in [1.29, 1.82) is 0 Å². The van der Waals surface area contributed by atoms with E-state index in [1.54, 1.807) is 62.4 Å². The van der Waals surface area contributed by atoms with Gasteiger partial charge in [0.2, 0.25) is 11.8 Å². The van der Waals surface area contributed by atoms with Gasteiger partial charge in [0.05, 0.1) is 19.7 Å². The van der Waals surface area contributed by atoms with E-state index in [1.807, 2.05) is 13.0 Å². The van der Waals surface area contributed by atoms with Crippen molar-refractivity contribution in [3.63, 3.8) is 0 Å². The number of ether oxygens (including phenoxy) is 1. The van der Waals surface area contributed by atoms with Gasteiger partial charge < -0.3 is 15.4 Å². The van der Waals surface area contributed by atoms with Crippen LogP contribution >= 0.6 is 11.6 Å². The summed E-state index contributed by atoms with van der Waals surface area (Å²) >= 11 is 5.98. The highest BCUT2D eigenvalue weighted by atomic mass is 35.5. The number of hydrogen-bond donors (Lipinski definition) is 2. The first-order chi connectivity index (χ1) is 12.8. The topological polar surface area (TPSA) is 70.7 Å². The Labute approximate surface area is 164 Å². The third-order valence-electron chi connectivity index (χ3n) is 4.26. The van der Waals surface area contributed by atoms with Gasteiger partial charge in [-0.05, 0) is 62.9 Å². The van der Waals surface area contributed by atoms with Crippen LogP contribution in [0.1, 0.15) is 12.5 Å².